The Morgan fingerprint density at radius 1 is 1.29 bits per heavy atom. The molecule has 0 aromatic heterocycles. The highest BCUT2D eigenvalue weighted by Gasteiger charge is 2.23. The number of rotatable bonds is 7. The van der Waals surface area contributed by atoms with Crippen LogP contribution in [0.25, 0.3) is 0 Å². The van der Waals surface area contributed by atoms with Crippen molar-refractivity contribution in [2.45, 2.75) is 65.1 Å². The third-order valence-corrected chi connectivity index (χ3v) is 4.10. The van der Waals surface area contributed by atoms with Crippen LogP contribution in [0.3, 0.4) is 0 Å². The van der Waals surface area contributed by atoms with E-state index in [1.807, 2.05) is 39.8 Å². The van der Waals surface area contributed by atoms with E-state index in [0.717, 1.165) is 17.9 Å². The van der Waals surface area contributed by atoms with Gasteiger partial charge in [0.2, 0.25) is 0 Å². The molecule has 5 heteroatoms. The summed E-state index contributed by atoms with van der Waals surface area (Å²) in [5.41, 5.74) is 0.736. The highest BCUT2D eigenvalue weighted by Crippen LogP contribution is 2.21. The fraction of sp³-hybridized carbons (Fsp3) is 0.632. The van der Waals surface area contributed by atoms with Crippen molar-refractivity contribution in [1.29, 1.82) is 0 Å². The van der Waals surface area contributed by atoms with Crippen LogP contribution in [0.5, 0.6) is 0 Å². The summed E-state index contributed by atoms with van der Waals surface area (Å²) in [4.78, 5) is 13.8. The lowest BCUT2D eigenvalue weighted by Gasteiger charge is -2.30. The lowest BCUT2D eigenvalue weighted by molar-refractivity contribution is 0.0234. The van der Waals surface area contributed by atoms with Gasteiger partial charge in [-0.25, -0.2) is 4.79 Å². The Morgan fingerprint density at radius 2 is 1.88 bits per heavy atom. The second kappa shape index (κ2) is 9.28. The number of hydrogen-bond donors (Lipinski definition) is 1. The quantitative estimate of drug-likeness (QED) is 0.746. The van der Waals surface area contributed by atoms with E-state index in [9.17, 15) is 4.79 Å². The maximum Gasteiger partial charge on any atom is 0.410 e. The van der Waals surface area contributed by atoms with E-state index in [4.69, 9.17) is 16.3 Å². The van der Waals surface area contributed by atoms with Crippen LogP contribution in [-0.2, 0) is 4.74 Å². The summed E-state index contributed by atoms with van der Waals surface area (Å²) in [5.74, 6) is 0. The summed E-state index contributed by atoms with van der Waals surface area (Å²) in [6.45, 7) is 10.5. The molecule has 0 radical (unpaired) electrons. The van der Waals surface area contributed by atoms with Crippen molar-refractivity contribution < 1.29 is 9.53 Å². The number of nitrogens with zero attached hydrogens (tertiary/aromatic N) is 1. The van der Waals surface area contributed by atoms with E-state index < -0.39 is 5.60 Å². The normalized spacial score (nSPS) is 14.1. The molecule has 0 saturated carbocycles. The van der Waals surface area contributed by atoms with Gasteiger partial charge in [0.25, 0.3) is 0 Å². The molecule has 4 nitrogen and oxygen atoms in total. The summed E-state index contributed by atoms with van der Waals surface area (Å²) in [6, 6.07) is 8.22. The highest BCUT2D eigenvalue weighted by molar-refractivity contribution is 6.30. The third kappa shape index (κ3) is 7.10. The lowest BCUT2D eigenvalue weighted by atomic mass is 10.0. The number of amides is 1. The Morgan fingerprint density at radius 3 is 2.38 bits per heavy atom. The van der Waals surface area contributed by atoms with Gasteiger partial charge in [0, 0.05) is 30.7 Å². The Bertz CT molecular complexity index is 511. The van der Waals surface area contributed by atoms with Crippen molar-refractivity contribution in [3.63, 3.8) is 0 Å². The van der Waals surface area contributed by atoms with Crippen LogP contribution >= 0.6 is 11.6 Å². The fourth-order valence-corrected chi connectivity index (χ4v) is 2.46. The molecule has 0 heterocycles. The predicted molar refractivity (Wildman–Crippen MR) is 101 cm³/mol. The number of carbonyl (C=O) groups excluding carboxylic acids is 1. The van der Waals surface area contributed by atoms with E-state index in [1.54, 1.807) is 11.9 Å². The largest absolute Gasteiger partial charge is 0.444 e. The number of hydrogen-bond acceptors (Lipinski definition) is 3. The summed E-state index contributed by atoms with van der Waals surface area (Å²) in [5, 5.41) is 4.30. The molecule has 1 amide bonds. The maximum atomic E-state index is 12.1. The van der Waals surface area contributed by atoms with Gasteiger partial charge >= 0.3 is 6.09 Å². The van der Waals surface area contributed by atoms with Gasteiger partial charge in [-0.05, 0) is 51.8 Å². The minimum Gasteiger partial charge on any atom is -0.444 e. The molecule has 0 saturated heterocycles. The zero-order valence-corrected chi connectivity index (χ0v) is 16.5. The zero-order chi connectivity index (χ0) is 18.3. The van der Waals surface area contributed by atoms with Crippen molar-refractivity contribution in [3.05, 3.63) is 34.9 Å². The molecule has 24 heavy (non-hydrogen) atoms. The smallest absolute Gasteiger partial charge is 0.410 e. The second-order valence-electron chi connectivity index (χ2n) is 7.24. The third-order valence-electron chi connectivity index (χ3n) is 3.85. The molecule has 1 N–H and O–H groups in total. The van der Waals surface area contributed by atoms with Gasteiger partial charge < -0.3 is 15.0 Å². The molecular weight excluding hydrogens is 324 g/mol. The number of carbonyl (C=O) groups is 1. The average Bonchev–Trinajstić information content (AvgIpc) is 2.49. The Labute approximate surface area is 151 Å². The molecular formula is C19H31ClN2O2. The molecule has 0 fully saturated rings. The van der Waals surface area contributed by atoms with E-state index in [0.29, 0.717) is 6.54 Å². The van der Waals surface area contributed by atoms with Crippen molar-refractivity contribution >= 4 is 17.7 Å². The molecule has 2 unspecified atom stereocenters. The molecule has 0 bridgehead atoms. The van der Waals surface area contributed by atoms with Crippen molar-refractivity contribution in [2.75, 3.05) is 13.6 Å². The van der Waals surface area contributed by atoms with Crippen LogP contribution in [0, 0.1) is 0 Å². The number of halogens is 1. The fourth-order valence-electron chi connectivity index (χ4n) is 2.33. The first-order valence-electron chi connectivity index (χ1n) is 8.58. The summed E-state index contributed by atoms with van der Waals surface area (Å²) in [6.07, 6.45) is 1.82. The molecule has 1 aromatic rings. The summed E-state index contributed by atoms with van der Waals surface area (Å²) < 4.78 is 5.42. The van der Waals surface area contributed by atoms with E-state index in [1.165, 1.54) is 5.56 Å². The van der Waals surface area contributed by atoms with Crippen LogP contribution in [0.15, 0.2) is 24.3 Å². The first-order chi connectivity index (χ1) is 11.1. The zero-order valence-electron chi connectivity index (χ0n) is 15.7. The van der Waals surface area contributed by atoms with Crippen LogP contribution in [0.4, 0.5) is 4.79 Å². The first kappa shape index (κ1) is 20.8. The van der Waals surface area contributed by atoms with Crippen molar-refractivity contribution in [2.24, 2.45) is 0 Å². The minimum absolute atomic E-state index is 0.0338. The monoisotopic (exact) mass is 354 g/mol. The van der Waals surface area contributed by atoms with E-state index in [2.05, 4.69) is 24.4 Å². The van der Waals surface area contributed by atoms with Crippen molar-refractivity contribution in [1.82, 2.24) is 10.2 Å². The summed E-state index contributed by atoms with van der Waals surface area (Å²) >= 11 is 5.97. The molecule has 2 atom stereocenters. The van der Waals surface area contributed by atoms with Crippen LogP contribution in [0.1, 0.15) is 59.1 Å². The minimum atomic E-state index is -0.480. The van der Waals surface area contributed by atoms with Crippen molar-refractivity contribution in [3.8, 4) is 0 Å². The standard InChI is InChI=1S/C19H31ClN2O2/c1-7-8-17(15-9-11-16(20)12-10-15)21-13-14(2)22(6)18(23)24-19(3,4)5/h9-12,14,17,21H,7-8,13H2,1-6H3. The molecule has 1 rings (SSSR count). The number of nitrogens with one attached hydrogen (secondary N) is 1. The molecule has 0 aliphatic rings. The van der Waals surface area contributed by atoms with E-state index in [-0.39, 0.29) is 18.2 Å². The first-order valence-corrected chi connectivity index (χ1v) is 8.96. The number of likely N-dealkylation sites (N-methyl/N-ethyl adjacent to an activating group) is 1. The Balaban J connectivity index is 2.62. The van der Waals surface area contributed by atoms with Crippen LogP contribution < -0.4 is 5.32 Å². The molecule has 0 aliphatic carbocycles. The number of ether oxygens (including phenoxy) is 1. The van der Waals surface area contributed by atoms with Crippen LogP contribution in [-0.4, -0.2) is 36.2 Å². The lowest BCUT2D eigenvalue weighted by Crippen LogP contribution is -2.44. The highest BCUT2D eigenvalue weighted by atomic mass is 35.5. The second-order valence-corrected chi connectivity index (χ2v) is 7.68. The van der Waals surface area contributed by atoms with Gasteiger partial charge in [0.15, 0.2) is 0 Å². The van der Waals surface area contributed by atoms with Gasteiger partial charge in [0.05, 0.1) is 0 Å². The van der Waals surface area contributed by atoms with Crippen LogP contribution in [0.2, 0.25) is 5.02 Å². The maximum absolute atomic E-state index is 12.1. The molecule has 0 aliphatic heterocycles. The Hall–Kier alpha value is -1.26. The van der Waals surface area contributed by atoms with Gasteiger partial charge in [0.1, 0.15) is 5.60 Å². The predicted octanol–water partition coefficient (Wildman–Crippen LogP) is 5.03. The van der Waals surface area contributed by atoms with Gasteiger partial charge in [-0.15, -0.1) is 0 Å². The van der Waals surface area contributed by atoms with Gasteiger partial charge in [-0.2, -0.15) is 0 Å². The Kier molecular flexibility index (Phi) is 8.04. The number of benzene rings is 1. The molecule has 1 aromatic carbocycles. The van der Waals surface area contributed by atoms with Gasteiger partial charge in [-0.3, -0.25) is 0 Å². The topological polar surface area (TPSA) is 41.6 Å². The van der Waals surface area contributed by atoms with Gasteiger partial charge in [-0.1, -0.05) is 37.1 Å². The molecule has 136 valence electrons. The van der Waals surface area contributed by atoms with E-state index >= 15 is 0 Å². The SMILES string of the molecule is CCCC(NCC(C)N(C)C(=O)OC(C)(C)C)c1ccc(Cl)cc1. The summed E-state index contributed by atoms with van der Waals surface area (Å²) in [7, 11) is 1.78. The molecule has 0 spiro atoms. The average molecular weight is 355 g/mol.